The molecule has 0 bridgehead atoms. The van der Waals surface area contributed by atoms with Gasteiger partial charge in [-0.3, -0.25) is 4.79 Å². The highest BCUT2D eigenvalue weighted by atomic mass is 32.1. The van der Waals surface area contributed by atoms with Crippen LogP contribution in [0.15, 0.2) is 0 Å². The minimum absolute atomic E-state index is 0.112. The van der Waals surface area contributed by atoms with Crippen LogP contribution in [0.2, 0.25) is 0 Å². The van der Waals surface area contributed by atoms with Crippen LogP contribution in [0.25, 0.3) is 0 Å². The maximum Gasteiger partial charge on any atom is 0.284 e. The zero-order chi connectivity index (χ0) is 10.8. The second-order valence-electron chi connectivity index (χ2n) is 3.69. The first kappa shape index (κ1) is 10.5. The molecule has 82 valence electrons. The highest BCUT2D eigenvalue weighted by molar-refractivity contribution is 7.07. The van der Waals surface area contributed by atoms with E-state index in [2.05, 4.69) is 9.36 Å². The fourth-order valence-electron chi connectivity index (χ4n) is 1.66. The van der Waals surface area contributed by atoms with E-state index in [-0.39, 0.29) is 5.91 Å². The Bertz CT molecular complexity index is 366. The lowest BCUT2D eigenvalue weighted by Gasteiger charge is -2.29. The Kier molecular flexibility index (Phi) is 2.97. The SMILES string of the molecule is Cc1nsc(C(=O)N2CCC[C@H](O)C2)n1. The van der Waals surface area contributed by atoms with Gasteiger partial charge in [0.05, 0.1) is 6.10 Å². The number of carbonyl (C=O) groups excluding carboxylic acids is 1. The summed E-state index contributed by atoms with van der Waals surface area (Å²) < 4.78 is 3.97. The Morgan fingerprint density at radius 3 is 3.07 bits per heavy atom. The molecule has 2 rings (SSSR count). The lowest BCUT2D eigenvalue weighted by molar-refractivity contribution is 0.0473. The fourth-order valence-corrected chi connectivity index (χ4v) is 2.30. The summed E-state index contributed by atoms with van der Waals surface area (Å²) in [5.41, 5.74) is 0. The molecule has 1 aromatic heterocycles. The number of amides is 1. The summed E-state index contributed by atoms with van der Waals surface area (Å²) in [7, 11) is 0. The molecule has 1 N–H and O–H groups in total. The van der Waals surface area contributed by atoms with E-state index in [1.165, 1.54) is 0 Å². The smallest absolute Gasteiger partial charge is 0.284 e. The van der Waals surface area contributed by atoms with Gasteiger partial charge in [0.2, 0.25) is 5.01 Å². The number of aromatic nitrogens is 2. The molecule has 6 heteroatoms. The van der Waals surface area contributed by atoms with Crippen LogP contribution in [0.1, 0.15) is 28.5 Å². The molecule has 5 nitrogen and oxygen atoms in total. The number of aliphatic hydroxyl groups is 1. The maximum atomic E-state index is 11.9. The Balaban J connectivity index is 2.07. The van der Waals surface area contributed by atoms with Crippen molar-refractivity contribution in [1.82, 2.24) is 14.3 Å². The first-order valence-corrected chi connectivity index (χ1v) is 5.72. The summed E-state index contributed by atoms with van der Waals surface area (Å²) in [5.74, 6) is 0.514. The number of hydrogen-bond donors (Lipinski definition) is 1. The Labute approximate surface area is 91.9 Å². The van der Waals surface area contributed by atoms with Gasteiger partial charge in [-0.1, -0.05) is 0 Å². The topological polar surface area (TPSA) is 66.3 Å². The van der Waals surface area contributed by atoms with Gasteiger partial charge in [-0.05, 0) is 31.3 Å². The van der Waals surface area contributed by atoms with E-state index < -0.39 is 6.10 Å². The Hall–Kier alpha value is -1.01. The maximum absolute atomic E-state index is 11.9. The number of nitrogens with zero attached hydrogens (tertiary/aromatic N) is 3. The molecular formula is C9H13N3O2S. The number of likely N-dealkylation sites (tertiary alicyclic amines) is 1. The number of rotatable bonds is 1. The number of aliphatic hydroxyl groups excluding tert-OH is 1. The van der Waals surface area contributed by atoms with Crippen molar-refractivity contribution in [3.05, 3.63) is 10.8 Å². The van der Waals surface area contributed by atoms with E-state index in [4.69, 9.17) is 0 Å². The monoisotopic (exact) mass is 227 g/mol. The highest BCUT2D eigenvalue weighted by Crippen LogP contribution is 2.14. The molecule has 0 aliphatic carbocycles. The van der Waals surface area contributed by atoms with Gasteiger partial charge in [-0.2, -0.15) is 4.37 Å². The van der Waals surface area contributed by atoms with Gasteiger partial charge in [0, 0.05) is 13.1 Å². The molecule has 1 aliphatic heterocycles. The number of carbonyl (C=O) groups is 1. The van der Waals surface area contributed by atoms with E-state index in [0.29, 0.717) is 23.9 Å². The molecule has 1 atom stereocenters. The van der Waals surface area contributed by atoms with E-state index in [1.807, 2.05) is 0 Å². The molecule has 15 heavy (non-hydrogen) atoms. The first-order valence-electron chi connectivity index (χ1n) is 4.94. The zero-order valence-electron chi connectivity index (χ0n) is 8.51. The van der Waals surface area contributed by atoms with Crippen LogP contribution in [-0.4, -0.2) is 44.5 Å². The largest absolute Gasteiger partial charge is 0.391 e. The molecule has 0 radical (unpaired) electrons. The minimum Gasteiger partial charge on any atom is -0.391 e. The average Bonchev–Trinajstić information content (AvgIpc) is 2.64. The minimum atomic E-state index is -0.392. The normalized spacial score (nSPS) is 21.7. The van der Waals surface area contributed by atoms with Gasteiger partial charge < -0.3 is 10.0 Å². The Morgan fingerprint density at radius 1 is 1.67 bits per heavy atom. The van der Waals surface area contributed by atoms with Crippen LogP contribution in [0.5, 0.6) is 0 Å². The summed E-state index contributed by atoms with van der Waals surface area (Å²) >= 11 is 1.12. The number of β-amino-alcohol motifs (C(OH)–C–C–N with tert-alkyl or cyclic N) is 1. The summed E-state index contributed by atoms with van der Waals surface area (Å²) in [4.78, 5) is 17.6. The van der Waals surface area contributed by atoms with Crippen molar-refractivity contribution in [2.75, 3.05) is 13.1 Å². The van der Waals surface area contributed by atoms with Crippen molar-refractivity contribution in [2.24, 2.45) is 0 Å². The lowest BCUT2D eigenvalue weighted by atomic mass is 10.1. The van der Waals surface area contributed by atoms with Crippen molar-refractivity contribution in [2.45, 2.75) is 25.9 Å². The van der Waals surface area contributed by atoms with Crippen molar-refractivity contribution in [3.63, 3.8) is 0 Å². The number of piperidine rings is 1. The molecule has 0 spiro atoms. The van der Waals surface area contributed by atoms with Crippen LogP contribution in [0.3, 0.4) is 0 Å². The number of hydrogen-bond acceptors (Lipinski definition) is 5. The van der Waals surface area contributed by atoms with Crippen LogP contribution >= 0.6 is 11.5 Å². The molecule has 2 heterocycles. The quantitative estimate of drug-likeness (QED) is 0.756. The molecule has 1 aliphatic rings. The second kappa shape index (κ2) is 4.24. The van der Waals surface area contributed by atoms with Gasteiger partial charge in [0.1, 0.15) is 5.82 Å². The van der Waals surface area contributed by atoms with Gasteiger partial charge in [0.25, 0.3) is 5.91 Å². The lowest BCUT2D eigenvalue weighted by Crippen LogP contribution is -2.42. The van der Waals surface area contributed by atoms with Crippen molar-refractivity contribution in [1.29, 1.82) is 0 Å². The van der Waals surface area contributed by atoms with E-state index in [0.717, 1.165) is 24.4 Å². The summed E-state index contributed by atoms with van der Waals surface area (Å²) in [6.45, 7) is 2.88. The molecule has 0 saturated carbocycles. The predicted molar refractivity (Wildman–Crippen MR) is 55.8 cm³/mol. The van der Waals surface area contributed by atoms with Crippen LogP contribution in [-0.2, 0) is 0 Å². The third kappa shape index (κ3) is 2.32. The standard InChI is InChI=1S/C9H13N3O2S/c1-6-10-8(15-11-6)9(14)12-4-2-3-7(13)5-12/h7,13H,2-5H2,1H3/t7-/m0/s1. The summed E-state index contributed by atoms with van der Waals surface area (Å²) in [6.07, 6.45) is 1.24. The van der Waals surface area contributed by atoms with Gasteiger partial charge in [0.15, 0.2) is 0 Å². The zero-order valence-corrected chi connectivity index (χ0v) is 9.33. The molecule has 1 amide bonds. The van der Waals surface area contributed by atoms with Crippen molar-refractivity contribution >= 4 is 17.4 Å². The molecular weight excluding hydrogens is 214 g/mol. The van der Waals surface area contributed by atoms with Crippen molar-refractivity contribution in [3.8, 4) is 0 Å². The molecule has 0 aromatic carbocycles. The third-order valence-corrected chi connectivity index (χ3v) is 3.19. The van der Waals surface area contributed by atoms with E-state index >= 15 is 0 Å². The third-order valence-electron chi connectivity index (χ3n) is 2.39. The van der Waals surface area contributed by atoms with Crippen LogP contribution < -0.4 is 0 Å². The van der Waals surface area contributed by atoms with E-state index in [1.54, 1.807) is 11.8 Å². The van der Waals surface area contributed by atoms with Crippen LogP contribution in [0.4, 0.5) is 0 Å². The van der Waals surface area contributed by atoms with Gasteiger partial charge in [-0.15, -0.1) is 0 Å². The van der Waals surface area contributed by atoms with Crippen LogP contribution in [0, 0.1) is 6.92 Å². The summed E-state index contributed by atoms with van der Waals surface area (Å²) in [6, 6.07) is 0. The van der Waals surface area contributed by atoms with Gasteiger partial charge in [-0.25, -0.2) is 4.98 Å². The molecule has 1 saturated heterocycles. The predicted octanol–water partition coefficient (Wildman–Crippen LogP) is 0.443. The number of aryl methyl sites for hydroxylation is 1. The van der Waals surface area contributed by atoms with E-state index in [9.17, 15) is 9.90 Å². The summed E-state index contributed by atoms with van der Waals surface area (Å²) in [5, 5.41) is 9.87. The van der Waals surface area contributed by atoms with Crippen molar-refractivity contribution < 1.29 is 9.90 Å². The average molecular weight is 227 g/mol. The fraction of sp³-hybridized carbons (Fsp3) is 0.667. The molecule has 1 fully saturated rings. The molecule has 0 unspecified atom stereocenters. The van der Waals surface area contributed by atoms with Gasteiger partial charge >= 0.3 is 0 Å². The highest BCUT2D eigenvalue weighted by Gasteiger charge is 2.25. The Morgan fingerprint density at radius 2 is 2.47 bits per heavy atom. The molecule has 1 aromatic rings. The first-order chi connectivity index (χ1) is 7.16. The second-order valence-corrected chi connectivity index (χ2v) is 4.45.